The van der Waals surface area contributed by atoms with Gasteiger partial charge in [-0.05, 0) is 62.3 Å². The van der Waals surface area contributed by atoms with Crippen molar-refractivity contribution in [2.45, 2.75) is 71.4 Å². The summed E-state index contributed by atoms with van der Waals surface area (Å²) >= 11 is 0. The molecular formula is C16H29NO. The minimum Gasteiger partial charge on any atom is -0.375 e. The Hall–Kier alpha value is -0.0800. The molecule has 0 aromatic rings. The van der Waals surface area contributed by atoms with Crippen molar-refractivity contribution in [1.82, 2.24) is 5.32 Å². The van der Waals surface area contributed by atoms with Crippen molar-refractivity contribution in [1.29, 1.82) is 0 Å². The maximum absolute atomic E-state index is 6.05. The third kappa shape index (κ3) is 1.84. The van der Waals surface area contributed by atoms with E-state index in [-0.39, 0.29) is 5.60 Å². The molecule has 2 nitrogen and oxygen atoms in total. The fraction of sp³-hybridized carbons (Fsp3) is 1.00. The van der Waals surface area contributed by atoms with Gasteiger partial charge in [0.1, 0.15) is 0 Å². The molecular weight excluding hydrogens is 222 g/mol. The van der Waals surface area contributed by atoms with Gasteiger partial charge >= 0.3 is 0 Å². The highest BCUT2D eigenvalue weighted by molar-refractivity contribution is 5.20. The van der Waals surface area contributed by atoms with Crippen LogP contribution in [0.2, 0.25) is 0 Å². The van der Waals surface area contributed by atoms with Crippen LogP contribution in [0.4, 0.5) is 0 Å². The number of rotatable bonds is 4. The molecule has 1 spiro atoms. The average molecular weight is 251 g/mol. The zero-order valence-electron chi connectivity index (χ0n) is 12.5. The first kappa shape index (κ1) is 12.9. The molecule has 3 atom stereocenters. The summed E-state index contributed by atoms with van der Waals surface area (Å²) in [6, 6.07) is 0.843. The summed E-state index contributed by atoms with van der Waals surface area (Å²) in [6.45, 7) is 11.7. The predicted molar refractivity (Wildman–Crippen MR) is 74.6 cm³/mol. The molecule has 0 bridgehead atoms. The molecule has 0 aromatic carbocycles. The first-order chi connectivity index (χ1) is 8.44. The van der Waals surface area contributed by atoms with Gasteiger partial charge in [0, 0.05) is 12.6 Å². The predicted octanol–water partition coefficient (Wildman–Crippen LogP) is 3.36. The lowest BCUT2D eigenvalue weighted by molar-refractivity contribution is -0.102. The summed E-state index contributed by atoms with van der Waals surface area (Å²) in [5.74, 6) is 0.861. The van der Waals surface area contributed by atoms with E-state index in [1.54, 1.807) is 0 Å². The highest BCUT2D eigenvalue weighted by Gasteiger charge is 2.71. The zero-order valence-corrected chi connectivity index (χ0v) is 12.5. The summed E-state index contributed by atoms with van der Waals surface area (Å²) in [5, 5.41) is 3.75. The van der Waals surface area contributed by atoms with Crippen LogP contribution in [0.5, 0.6) is 0 Å². The second-order valence-electron chi connectivity index (χ2n) is 7.69. The lowest BCUT2D eigenvalue weighted by atomic mass is 9.78. The minimum absolute atomic E-state index is 0.129. The van der Waals surface area contributed by atoms with Gasteiger partial charge in [-0.1, -0.05) is 20.8 Å². The van der Waals surface area contributed by atoms with E-state index in [2.05, 4.69) is 33.0 Å². The smallest absolute Gasteiger partial charge is 0.0657 e. The zero-order chi connectivity index (χ0) is 13.0. The molecule has 3 aliphatic rings. The second-order valence-corrected chi connectivity index (χ2v) is 7.69. The molecule has 1 aliphatic heterocycles. The molecule has 3 unspecified atom stereocenters. The molecule has 104 valence electrons. The van der Waals surface area contributed by atoms with Gasteiger partial charge in [-0.25, -0.2) is 0 Å². The third-order valence-corrected chi connectivity index (χ3v) is 6.36. The summed E-state index contributed by atoms with van der Waals surface area (Å²) in [6.07, 6.45) is 6.48. The Morgan fingerprint density at radius 1 is 1.22 bits per heavy atom. The Morgan fingerprint density at radius 2 is 1.94 bits per heavy atom. The molecule has 2 aliphatic carbocycles. The van der Waals surface area contributed by atoms with Gasteiger partial charge in [-0.2, -0.15) is 0 Å². The highest BCUT2D eigenvalue weighted by Crippen LogP contribution is 2.74. The lowest BCUT2D eigenvalue weighted by Gasteiger charge is -2.40. The van der Waals surface area contributed by atoms with Crippen molar-refractivity contribution >= 4 is 0 Å². The molecule has 0 aromatic heterocycles. The largest absolute Gasteiger partial charge is 0.375 e. The topological polar surface area (TPSA) is 21.3 Å². The van der Waals surface area contributed by atoms with Crippen LogP contribution in [0.15, 0.2) is 0 Å². The Morgan fingerprint density at radius 3 is 2.56 bits per heavy atom. The van der Waals surface area contributed by atoms with E-state index in [4.69, 9.17) is 4.74 Å². The van der Waals surface area contributed by atoms with E-state index >= 15 is 0 Å². The van der Waals surface area contributed by atoms with Crippen molar-refractivity contribution in [3.63, 3.8) is 0 Å². The van der Waals surface area contributed by atoms with Gasteiger partial charge in [0.05, 0.1) is 5.60 Å². The van der Waals surface area contributed by atoms with Crippen LogP contribution in [0.1, 0.15) is 59.8 Å². The van der Waals surface area contributed by atoms with Crippen molar-refractivity contribution < 1.29 is 4.74 Å². The van der Waals surface area contributed by atoms with Crippen LogP contribution < -0.4 is 5.32 Å². The highest BCUT2D eigenvalue weighted by atomic mass is 16.5. The fourth-order valence-corrected chi connectivity index (χ4v) is 4.45. The van der Waals surface area contributed by atoms with E-state index in [1.807, 2.05) is 0 Å². The molecule has 1 saturated heterocycles. The summed E-state index contributed by atoms with van der Waals surface area (Å²) in [7, 11) is 0. The third-order valence-electron chi connectivity index (χ3n) is 6.36. The summed E-state index contributed by atoms with van der Waals surface area (Å²) < 4.78 is 6.05. The quantitative estimate of drug-likeness (QED) is 0.827. The Balaban J connectivity index is 1.69. The molecule has 1 N–H and O–H groups in total. The number of hydrogen-bond acceptors (Lipinski definition) is 2. The van der Waals surface area contributed by atoms with Crippen LogP contribution >= 0.6 is 0 Å². The normalized spacial score (nSPS) is 46.3. The molecule has 3 rings (SSSR count). The fourth-order valence-electron chi connectivity index (χ4n) is 4.45. The van der Waals surface area contributed by atoms with Crippen LogP contribution in [0, 0.1) is 16.7 Å². The molecule has 2 heteroatoms. The van der Waals surface area contributed by atoms with Gasteiger partial charge < -0.3 is 10.1 Å². The van der Waals surface area contributed by atoms with Gasteiger partial charge in [-0.3, -0.25) is 0 Å². The van der Waals surface area contributed by atoms with Crippen molar-refractivity contribution in [3.8, 4) is 0 Å². The molecule has 0 radical (unpaired) electrons. The van der Waals surface area contributed by atoms with Gasteiger partial charge in [-0.15, -0.1) is 0 Å². The molecule has 0 amide bonds. The van der Waals surface area contributed by atoms with Crippen molar-refractivity contribution in [2.24, 2.45) is 16.7 Å². The van der Waals surface area contributed by atoms with E-state index in [9.17, 15) is 0 Å². The van der Waals surface area contributed by atoms with Crippen LogP contribution in [-0.4, -0.2) is 24.8 Å². The lowest BCUT2D eigenvalue weighted by Crippen LogP contribution is -2.39. The standard InChI is InChI=1S/C16H29NO/c1-5-15(4)11-16(8-9-18-15)13(14(16,2)3)10-17-12-6-7-12/h12-13,17H,5-11H2,1-4H3. The summed E-state index contributed by atoms with van der Waals surface area (Å²) in [4.78, 5) is 0. The second kappa shape index (κ2) is 3.96. The van der Waals surface area contributed by atoms with Crippen LogP contribution in [0.25, 0.3) is 0 Å². The van der Waals surface area contributed by atoms with E-state index in [0.29, 0.717) is 10.8 Å². The maximum atomic E-state index is 6.05. The Kier molecular flexibility index (Phi) is 2.84. The molecule has 3 fully saturated rings. The minimum atomic E-state index is 0.129. The van der Waals surface area contributed by atoms with E-state index in [1.165, 1.54) is 32.2 Å². The Labute approximate surface area is 112 Å². The number of hydrogen-bond donors (Lipinski definition) is 1. The summed E-state index contributed by atoms with van der Waals surface area (Å²) in [5.41, 5.74) is 1.19. The SMILES string of the molecule is CCC1(C)CC2(CCO1)C(CNC1CC1)C2(C)C. The van der Waals surface area contributed by atoms with Gasteiger partial charge in [0.2, 0.25) is 0 Å². The van der Waals surface area contributed by atoms with Gasteiger partial charge in [0.25, 0.3) is 0 Å². The first-order valence-corrected chi connectivity index (χ1v) is 7.81. The van der Waals surface area contributed by atoms with E-state index < -0.39 is 0 Å². The number of nitrogens with one attached hydrogen (secondary N) is 1. The van der Waals surface area contributed by atoms with Crippen LogP contribution in [0.3, 0.4) is 0 Å². The van der Waals surface area contributed by atoms with Gasteiger partial charge in [0.15, 0.2) is 0 Å². The van der Waals surface area contributed by atoms with Crippen molar-refractivity contribution in [2.75, 3.05) is 13.2 Å². The molecule has 2 saturated carbocycles. The number of ether oxygens (including phenoxy) is 1. The maximum Gasteiger partial charge on any atom is 0.0657 e. The Bertz CT molecular complexity index is 336. The average Bonchev–Trinajstić information content (AvgIpc) is 3.19. The van der Waals surface area contributed by atoms with Crippen LogP contribution in [-0.2, 0) is 4.74 Å². The molecule has 1 heterocycles. The first-order valence-electron chi connectivity index (χ1n) is 7.81. The van der Waals surface area contributed by atoms with E-state index in [0.717, 1.165) is 25.0 Å². The monoisotopic (exact) mass is 251 g/mol. The molecule has 18 heavy (non-hydrogen) atoms. The van der Waals surface area contributed by atoms with Crippen molar-refractivity contribution in [3.05, 3.63) is 0 Å².